The Kier molecular flexibility index (Phi) is 2.78. The fraction of sp³-hybridized carbons (Fsp3) is 0.111. The van der Waals surface area contributed by atoms with Crippen molar-refractivity contribution < 1.29 is 17.9 Å². The number of ether oxygens (including phenoxy) is 1. The lowest BCUT2D eigenvalue weighted by Crippen LogP contribution is -2.04. The summed E-state index contributed by atoms with van der Waals surface area (Å²) in [5.74, 6) is 0.0694. The van der Waals surface area contributed by atoms with Crippen LogP contribution in [0.5, 0.6) is 10.9 Å². The summed E-state index contributed by atoms with van der Waals surface area (Å²) in [7, 11) is 0. The number of benzene rings is 1. The minimum absolute atomic E-state index is 0.0694. The Morgan fingerprint density at radius 3 is 2.75 bits per heavy atom. The van der Waals surface area contributed by atoms with Crippen LogP contribution < -0.4 is 4.74 Å². The van der Waals surface area contributed by atoms with Gasteiger partial charge >= 0.3 is 6.18 Å². The van der Waals surface area contributed by atoms with Crippen molar-refractivity contribution in [2.24, 2.45) is 0 Å². The number of alkyl halides is 3. The van der Waals surface area contributed by atoms with Crippen molar-refractivity contribution in [3.8, 4) is 10.9 Å². The second-order valence-electron chi connectivity index (χ2n) is 2.79. The van der Waals surface area contributed by atoms with Crippen molar-refractivity contribution >= 4 is 11.5 Å². The van der Waals surface area contributed by atoms with E-state index in [1.807, 2.05) is 0 Å². The van der Waals surface area contributed by atoms with Crippen LogP contribution in [-0.4, -0.2) is 9.36 Å². The maximum Gasteiger partial charge on any atom is 0.416 e. The molecule has 3 nitrogen and oxygen atoms in total. The molecule has 2 aromatic rings. The largest absolute Gasteiger partial charge is 0.430 e. The van der Waals surface area contributed by atoms with Gasteiger partial charge in [0.1, 0.15) is 5.75 Å². The first kappa shape index (κ1) is 10.9. The van der Waals surface area contributed by atoms with Crippen LogP contribution in [0.25, 0.3) is 0 Å². The van der Waals surface area contributed by atoms with E-state index in [4.69, 9.17) is 4.74 Å². The molecular formula is C9H4F3N2OS. The predicted molar refractivity (Wildman–Crippen MR) is 50.3 cm³/mol. The first-order valence-corrected chi connectivity index (χ1v) is 4.88. The van der Waals surface area contributed by atoms with E-state index in [-0.39, 0.29) is 10.9 Å². The monoisotopic (exact) mass is 245 g/mol. The molecule has 7 heteroatoms. The molecule has 0 N–H and O–H groups in total. The van der Waals surface area contributed by atoms with Crippen LogP contribution in [0.15, 0.2) is 24.3 Å². The van der Waals surface area contributed by atoms with Crippen molar-refractivity contribution in [1.82, 2.24) is 9.36 Å². The fourth-order valence-corrected chi connectivity index (χ4v) is 1.39. The van der Waals surface area contributed by atoms with Gasteiger partial charge in [0.15, 0.2) is 0 Å². The molecule has 1 aromatic heterocycles. The summed E-state index contributed by atoms with van der Waals surface area (Å²) < 4.78 is 45.7. The van der Waals surface area contributed by atoms with Crippen LogP contribution in [-0.2, 0) is 6.18 Å². The van der Waals surface area contributed by atoms with Gasteiger partial charge in [0.2, 0.25) is 6.33 Å². The van der Waals surface area contributed by atoms with Gasteiger partial charge in [0.05, 0.1) is 5.56 Å². The zero-order valence-corrected chi connectivity index (χ0v) is 8.47. The molecule has 1 radical (unpaired) electrons. The van der Waals surface area contributed by atoms with Gasteiger partial charge in [-0.05, 0) is 18.2 Å². The van der Waals surface area contributed by atoms with Gasteiger partial charge in [-0.25, -0.2) is 0 Å². The van der Waals surface area contributed by atoms with Crippen molar-refractivity contribution in [3.63, 3.8) is 0 Å². The van der Waals surface area contributed by atoms with E-state index in [1.165, 1.54) is 12.1 Å². The second-order valence-corrected chi connectivity index (χ2v) is 3.50. The maximum atomic E-state index is 12.4. The summed E-state index contributed by atoms with van der Waals surface area (Å²) in [6.45, 7) is 0. The predicted octanol–water partition coefficient (Wildman–Crippen LogP) is 3.15. The highest BCUT2D eigenvalue weighted by Gasteiger charge is 2.30. The summed E-state index contributed by atoms with van der Waals surface area (Å²) in [4.78, 5) is 3.58. The Balaban J connectivity index is 2.23. The Labute approximate surface area is 92.7 Å². The lowest BCUT2D eigenvalue weighted by atomic mass is 10.2. The average Bonchev–Trinajstić information content (AvgIpc) is 2.70. The topological polar surface area (TPSA) is 35.0 Å². The molecule has 0 saturated heterocycles. The van der Waals surface area contributed by atoms with Crippen LogP contribution in [0.1, 0.15) is 5.56 Å². The molecule has 1 heterocycles. The van der Waals surface area contributed by atoms with Gasteiger partial charge in [0.25, 0.3) is 5.19 Å². The van der Waals surface area contributed by atoms with Gasteiger partial charge in [-0.15, -0.1) is 0 Å². The Morgan fingerprint density at radius 1 is 1.31 bits per heavy atom. The lowest BCUT2D eigenvalue weighted by Gasteiger charge is -2.07. The molecule has 1 aromatic carbocycles. The van der Waals surface area contributed by atoms with Crippen molar-refractivity contribution in [2.45, 2.75) is 6.18 Å². The molecule has 2 rings (SSSR count). The molecule has 0 aliphatic rings. The third-order valence-corrected chi connectivity index (χ3v) is 2.18. The quantitative estimate of drug-likeness (QED) is 0.815. The molecule has 0 bridgehead atoms. The van der Waals surface area contributed by atoms with E-state index in [0.29, 0.717) is 0 Å². The molecule has 0 spiro atoms. The first-order valence-electron chi connectivity index (χ1n) is 4.10. The fourth-order valence-electron chi connectivity index (χ4n) is 1.02. The SMILES string of the molecule is FC(F)(F)c1cccc(Oc2n[c]ns2)c1. The van der Waals surface area contributed by atoms with E-state index >= 15 is 0 Å². The highest BCUT2D eigenvalue weighted by molar-refractivity contribution is 7.07. The summed E-state index contributed by atoms with van der Waals surface area (Å²) >= 11 is 0.911. The second kappa shape index (κ2) is 4.09. The average molecular weight is 245 g/mol. The van der Waals surface area contributed by atoms with Gasteiger partial charge in [-0.3, -0.25) is 0 Å². The highest BCUT2D eigenvalue weighted by atomic mass is 32.1. The normalized spacial score (nSPS) is 11.4. The van der Waals surface area contributed by atoms with Crippen LogP contribution in [0.4, 0.5) is 13.2 Å². The molecule has 0 amide bonds. The number of nitrogens with zero attached hydrogens (tertiary/aromatic N) is 2. The summed E-state index contributed by atoms with van der Waals surface area (Å²) in [5.41, 5.74) is -0.765. The van der Waals surface area contributed by atoms with Gasteiger partial charge in [-0.1, -0.05) is 6.07 Å². The number of halogens is 3. The van der Waals surface area contributed by atoms with Crippen molar-refractivity contribution in [2.75, 3.05) is 0 Å². The van der Waals surface area contributed by atoms with Crippen molar-refractivity contribution in [3.05, 3.63) is 36.2 Å². The van der Waals surface area contributed by atoms with E-state index in [9.17, 15) is 13.2 Å². The van der Waals surface area contributed by atoms with Gasteiger partial charge in [0, 0.05) is 11.5 Å². The van der Waals surface area contributed by atoms with E-state index in [1.54, 1.807) is 0 Å². The minimum atomic E-state index is -4.38. The molecule has 83 valence electrons. The highest BCUT2D eigenvalue weighted by Crippen LogP contribution is 2.32. The minimum Gasteiger partial charge on any atom is -0.430 e. The zero-order chi connectivity index (χ0) is 11.6. The molecular weight excluding hydrogens is 241 g/mol. The molecule has 0 atom stereocenters. The van der Waals surface area contributed by atoms with Gasteiger partial charge < -0.3 is 4.74 Å². The third-order valence-electron chi connectivity index (χ3n) is 1.67. The molecule has 0 aliphatic carbocycles. The number of hydrogen-bond acceptors (Lipinski definition) is 4. The van der Waals surface area contributed by atoms with Crippen LogP contribution in [0.3, 0.4) is 0 Å². The van der Waals surface area contributed by atoms with Crippen LogP contribution >= 0.6 is 11.5 Å². The smallest absolute Gasteiger partial charge is 0.416 e. The molecule has 0 unspecified atom stereocenters. The standard InChI is InChI=1S/C9H4F3N2OS/c10-9(11,12)6-2-1-3-7(4-6)15-8-13-5-14-16-8/h1-4H. The number of aromatic nitrogens is 2. The van der Waals surface area contributed by atoms with E-state index < -0.39 is 11.7 Å². The molecule has 0 fully saturated rings. The van der Waals surface area contributed by atoms with Crippen molar-refractivity contribution in [1.29, 1.82) is 0 Å². The van der Waals surface area contributed by atoms with E-state index in [0.717, 1.165) is 23.7 Å². The number of hydrogen-bond donors (Lipinski definition) is 0. The summed E-state index contributed by atoms with van der Waals surface area (Å²) in [6, 6.07) is 4.56. The number of rotatable bonds is 2. The third kappa shape index (κ3) is 2.48. The first-order chi connectivity index (χ1) is 7.55. The summed E-state index contributed by atoms with van der Waals surface area (Å²) in [6.07, 6.45) is -2.12. The molecule has 0 saturated carbocycles. The summed E-state index contributed by atoms with van der Waals surface area (Å²) in [5, 5.41) is 0.152. The zero-order valence-electron chi connectivity index (χ0n) is 7.65. The lowest BCUT2D eigenvalue weighted by molar-refractivity contribution is -0.137. The maximum absolute atomic E-state index is 12.4. The van der Waals surface area contributed by atoms with E-state index in [2.05, 4.69) is 15.7 Å². The van der Waals surface area contributed by atoms with Crippen LogP contribution in [0, 0.1) is 6.33 Å². The Bertz CT molecular complexity index is 470. The Hall–Kier alpha value is -1.63. The Morgan fingerprint density at radius 2 is 2.12 bits per heavy atom. The molecule has 0 aliphatic heterocycles. The molecule has 16 heavy (non-hydrogen) atoms. The van der Waals surface area contributed by atoms with Crippen LogP contribution in [0.2, 0.25) is 0 Å². The van der Waals surface area contributed by atoms with Gasteiger partial charge in [-0.2, -0.15) is 22.5 Å².